The van der Waals surface area contributed by atoms with Crippen LogP contribution in [0.25, 0.3) is 0 Å². The van der Waals surface area contributed by atoms with Crippen LogP contribution < -0.4 is 5.32 Å². The third kappa shape index (κ3) is 4.51. The van der Waals surface area contributed by atoms with Crippen LogP contribution in [0.1, 0.15) is 35.3 Å². The first-order valence-corrected chi connectivity index (χ1v) is 7.80. The van der Waals surface area contributed by atoms with Gasteiger partial charge in [0.1, 0.15) is 5.82 Å². The number of hydrogen-bond donors (Lipinski definition) is 1. The van der Waals surface area contributed by atoms with E-state index in [9.17, 15) is 22.4 Å². The van der Waals surface area contributed by atoms with E-state index in [1.54, 1.807) is 19.9 Å². The molecule has 0 radical (unpaired) electrons. The molecule has 2 aromatic carbocycles. The Balaban J connectivity index is 2.18. The Bertz CT molecular complexity index is 767. The van der Waals surface area contributed by atoms with Gasteiger partial charge in [0.25, 0.3) is 5.91 Å². The number of carbonyl (C=O) groups is 1. The summed E-state index contributed by atoms with van der Waals surface area (Å²) in [5.74, 6) is -1.48. The minimum atomic E-state index is -4.45. The van der Waals surface area contributed by atoms with Gasteiger partial charge < -0.3 is 5.32 Å². The Labute approximate surface area is 147 Å². The lowest BCUT2D eigenvalue weighted by atomic mass is 9.83. The molecule has 0 bridgehead atoms. The van der Waals surface area contributed by atoms with Crippen molar-refractivity contribution in [1.82, 2.24) is 5.32 Å². The molecular formula is C18H16ClF4NO. The van der Waals surface area contributed by atoms with E-state index in [0.717, 1.165) is 18.2 Å². The molecule has 25 heavy (non-hydrogen) atoms. The van der Waals surface area contributed by atoms with Gasteiger partial charge in [-0.2, -0.15) is 13.2 Å². The lowest BCUT2D eigenvalue weighted by Crippen LogP contribution is -2.37. The monoisotopic (exact) mass is 373 g/mol. The van der Waals surface area contributed by atoms with Crippen molar-refractivity contribution < 1.29 is 22.4 Å². The van der Waals surface area contributed by atoms with Gasteiger partial charge in [-0.25, -0.2) is 4.39 Å². The van der Waals surface area contributed by atoms with E-state index >= 15 is 0 Å². The van der Waals surface area contributed by atoms with Crippen LogP contribution in [-0.2, 0) is 11.6 Å². The highest BCUT2D eigenvalue weighted by atomic mass is 35.5. The highest BCUT2D eigenvalue weighted by molar-refractivity contribution is 6.33. The van der Waals surface area contributed by atoms with Gasteiger partial charge in [0, 0.05) is 12.0 Å². The number of rotatable bonds is 4. The first-order valence-electron chi connectivity index (χ1n) is 7.42. The van der Waals surface area contributed by atoms with E-state index in [-0.39, 0.29) is 17.1 Å². The van der Waals surface area contributed by atoms with Crippen LogP contribution >= 0.6 is 11.6 Å². The van der Waals surface area contributed by atoms with Crippen molar-refractivity contribution in [2.24, 2.45) is 0 Å². The van der Waals surface area contributed by atoms with E-state index in [0.29, 0.717) is 5.56 Å². The van der Waals surface area contributed by atoms with E-state index in [2.05, 4.69) is 5.32 Å². The van der Waals surface area contributed by atoms with Gasteiger partial charge in [0.15, 0.2) is 0 Å². The highest BCUT2D eigenvalue weighted by Crippen LogP contribution is 2.32. The van der Waals surface area contributed by atoms with Crippen molar-refractivity contribution in [2.45, 2.75) is 25.4 Å². The second kappa shape index (κ2) is 7.04. The quantitative estimate of drug-likeness (QED) is 0.733. The minimum absolute atomic E-state index is 0.0117. The molecule has 0 saturated carbocycles. The summed E-state index contributed by atoms with van der Waals surface area (Å²) in [7, 11) is 0. The maximum Gasteiger partial charge on any atom is 0.416 e. The maximum absolute atomic E-state index is 13.8. The molecule has 0 aliphatic carbocycles. The largest absolute Gasteiger partial charge is 0.416 e. The average Bonchev–Trinajstić information content (AvgIpc) is 2.52. The number of alkyl halides is 3. The van der Waals surface area contributed by atoms with Crippen LogP contribution in [0, 0.1) is 5.82 Å². The predicted molar refractivity (Wildman–Crippen MR) is 88.2 cm³/mol. The van der Waals surface area contributed by atoms with E-state index in [1.165, 1.54) is 18.2 Å². The summed E-state index contributed by atoms with van der Waals surface area (Å²) in [4.78, 5) is 12.2. The van der Waals surface area contributed by atoms with E-state index < -0.39 is 28.9 Å². The normalized spacial score (nSPS) is 12.1. The Hall–Kier alpha value is -2.08. The maximum atomic E-state index is 13.8. The first-order chi connectivity index (χ1) is 11.5. The van der Waals surface area contributed by atoms with Gasteiger partial charge in [0.2, 0.25) is 0 Å². The van der Waals surface area contributed by atoms with Crippen LogP contribution in [-0.4, -0.2) is 12.5 Å². The standard InChI is InChI=1S/C18H16ClF4NO/c1-17(2,11-5-3-6-12(9-11)18(21,22)23)10-24-16(25)15-13(19)7-4-8-14(15)20/h3-9H,10H2,1-2H3,(H,24,25). The summed E-state index contributed by atoms with van der Waals surface area (Å²) in [6.07, 6.45) is -4.45. The van der Waals surface area contributed by atoms with Crippen LogP contribution in [0.2, 0.25) is 5.02 Å². The third-order valence-corrected chi connectivity index (χ3v) is 4.17. The molecule has 0 fully saturated rings. The van der Waals surface area contributed by atoms with Crippen LogP contribution in [0.15, 0.2) is 42.5 Å². The number of hydrogen-bond acceptors (Lipinski definition) is 1. The molecular weight excluding hydrogens is 358 g/mol. The molecule has 0 aliphatic heterocycles. The molecule has 2 aromatic rings. The molecule has 7 heteroatoms. The predicted octanol–water partition coefficient (Wildman–Crippen LogP) is 5.21. The zero-order valence-corrected chi connectivity index (χ0v) is 14.3. The van der Waals surface area contributed by atoms with Gasteiger partial charge >= 0.3 is 6.18 Å². The Morgan fingerprint density at radius 3 is 2.28 bits per heavy atom. The van der Waals surface area contributed by atoms with Crippen molar-refractivity contribution in [1.29, 1.82) is 0 Å². The highest BCUT2D eigenvalue weighted by Gasteiger charge is 2.32. The molecule has 0 saturated heterocycles. The van der Waals surface area contributed by atoms with Gasteiger partial charge in [-0.1, -0.05) is 49.7 Å². The molecule has 134 valence electrons. The van der Waals surface area contributed by atoms with Crippen molar-refractivity contribution in [3.63, 3.8) is 0 Å². The number of nitrogens with one attached hydrogen (secondary N) is 1. The average molecular weight is 374 g/mol. The Kier molecular flexibility index (Phi) is 5.42. The number of benzene rings is 2. The summed E-state index contributed by atoms with van der Waals surface area (Å²) in [6.45, 7) is 3.38. The van der Waals surface area contributed by atoms with Crippen LogP contribution in [0.5, 0.6) is 0 Å². The third-order valence-electron chi connectivity index (χ3n) is 3.85. The minimum Gasteiger partial charge on any atom is -0.351 e. The van der Waals surface area contributed by atoms with Crippen molar-refractivity contribution in [3.05, 3.63) is 70.0 Å². The van der Waals surface area contributed by atoms with Crippen molar-refractivity contribution in [2.75, 3.05) is 6.54 Å². The fourth-order valence-corrected chi connectivity index (χ4v) is 2.57. The molecule has 0 atom stereocenters. The second-order valence-electron chi connectivity index (χ2n) is 6.24. The molecule has 0 spiro atoms. The zero-order valence-electron chi connectivity index (χ0n) is 13.5. The molecule has 2 rings (SSSR count). The topological polar surface area (TPSA) is 29.1 Å². The van der Waals surface area contributed by atoms with Gasteiger partial charge in [-0.15, -0.1) is 0 Å². The SMILES string of the molecule is CC(C)(CNC(=O)c1c(F)cccc1Cl)c1cccc(C(F)(F)F)c1. The number of halogens is 5. The second-order valence-corrected chi connectivity index (χ2v) is 6.65. The summed E-state index contributed by atoms with van der Waals surface area (Å²) < 4.78 is 52.3. The fourth-order valence-electron chi connectivity index (χ4n) is 2.32. The number of amides is 1. The number of carbonyl (C=O) groups excluding carboxylic acids is 1. The molecule has 1 amide bonds. The molecule has 0 aromatic heterocycles. The lowest BCUT2D eigenvalue weighted by Gasteiger charge is -2.26. The molecule has 1 N–H and O–H groups in total. The molecule has 2 nitrogen and oxygen atoms in total. The van der Waals surface area contributed by atoms with Gasteiger partial charge in [-0.05, 0) is 23.8 Å². The van der Waals surface area contributed by atoms with E-state index in [4.69, 9.17) is 11.6 Å². The molecule has 0 unspecified atom stereocenters. The summed E-state index contributed by atoms with van der Waals surface area (Å²) in [5.41, 5.74) is -1.44. The smallest absolute Gasteiger partial charge is 0.351 e. The van der Waals surface area contributed by atoms with Crippen LogP contribution in [0.4, 0.5) is 17.6 Å². The Morgan fingerprint density at radius 2 is 1.68 bits per heavy atom. The molecule has 0 heterocycles. The van der Waals surface area contributed by atoms with Gasteiger partial charge in [0.05, 0.1) is 16.1 Å². The summed E-state index contributed by atoms with van der Waals surface area (Å²) in [5, 5.41) is 2.50. The van der Waals surface area contributed by atoms with Crippen molar-refractivity contribution >= 4 is 17.5 Å². The summed E-state index contributed by atoms with van der Waals surface area (Å²) in [6, 6.07) is 8.77. The first kappa shape index (κ1) is 19.2. The summed E-state index contributed by atoms with van der Waals surface area (Å²) >= 11 is 5.84. The lowest BCUT2D eigenvalue weighted by molar-refractivity contribution is -0.137. The fraction of sp³-hybridized carbons (Fsp3) is 0.278. The zero-order chi connectivity index (χ0) is 18.8. The van der Waals surface area contributed by atoms with Crippen LogP contribution in [0.3, 0.4) is 0 Å². The Morgan fingerprint density at radius 1 is 1.08 bits per heavy atom. The van der Waals surface area contributed by atoms with E-state index in [1.807, 2.05) is 0 Å². The molecule has 0 aliphatic rings. The van der Waals surface area contributed by atoms with Crippen molar-refractivity contribution in [3.8, 4) is 0 Å². The van der Waals surface area contributed by atoms with Gasteiger partial charge in [-0.3, -0.25) is 4.79 Å².